The number of carbonyl (C=O) groups excluding carboxylic acids is 1. The number of anilines is 1. The molecule has 2 N–H and O–H groups in total. The van der Waals surface area contributed by atoms with Gasteiger partial charge in [0.25, 0.3) is 5.91 Å². The van der Waals surface area contributed by atoms with Crippen LogP contribution in [0.4, 0.5) is 5.13 Å². The maximum Gasteiger partial charge on any atom is 0.266 e. The van der Waals surface area contributed by atoms with Crippen molar-refractivity contribution < 1.29 is 4.79 Å². The highest BCUT2D eigenvalue weighted by Crippen LogP contribution is 2.57. The molecule has 1 saturated heterocycles. The number of carbonyl (C=O) groups is 1. The van der Waals surface area contributed by atoms with Gasteiger partial charge in [-0.15, -0.1) is 0 Å². The van der Waals surface area contributed by atoms with Gasteiger partial charge in [0.1, 0.15) is 4.88 Å². The van der Waals surface area contributed by atoms with Crippen molar-refractivity contribution >= 4 is 22.4 Å². The van der Waals surface area contributed by atoms with Crippen LogP contribution in [0.5, 0.6) is 0 Å². The van der Waals surface area contributed by atoms with Gasteiger partial charge in [0.05, 0.1) is 5.69 Å². The molecule has 25 heavy (non-hydrogen) atoms. The summed E-state index contributed by atoms with van der Waals surface area (Å²) in [5.74, 6) is 3.06. The molecule has 0 unspecified atom stereocenters. The van der Waals surface area contributed by atoms with Gasteiger partial charge in [0.15, 0.2) is 5.13 Å². The van der Waals surface area contributed by atoms with E-state index < -0.39 is 0 Å². The van der Waals surface area contributed by atoms with Crippen molar-refractivity contribution in [2.45, 2.75) is 51.0 Å². The van der Waals surface area contributed by atoms with Gasteiger partial charge < -0.3 is 10.6 Å². The number of aromatic nitrogens is 1. The third-order valence-corrected chi connectivity index (χ3v) is 8.23. The minimum absolute atomic E-state index is 0.122. The lowest BCUT2D eigenvalue weighted by molar-refractivity contribution is -0.0987. The quantitative estimate of drug-likeness (QED) is 0.881. The Morgan fingerprint density at radius 1 is 1.08 bits per heavy atom. The van der Waals surface area contributed by atoms with Gasteiger partial charge in [-0.2, -0.15) is 0 Å². The van der Waals surface area contributed by atoms with Crippen LogP contribution < -0.4 is 5.73 Å². The highest BCUT2D eigenvalue weighted by atomic mass is 32.1. The molecule has 0 atom stereocenters. The molecule has 5 aliphatic rings. The molecule has 136 valence electrons. The van der Waals surface area contributed by atoms with Gasteiger partial charge >= 0.3 is 0 Å². The standard InChI is InChI=1S/C19H28N4OS/c1-12-16(25-18(20)21-12)17(24)22-2-4-23(5-3-22)19-9-13-6-14(10-19)8-15(7-13)11-19/h13-15H,2-11H2,1H3,(H2,20,21). The molecule has 0 radical (unpaired) electrons. The molecule has 4 bridgehead atoms. The van der Waals surface area contributed by atoms with E-state index in [1.807, 2.05) is 11.8 Å². The van der Waals surface area contributed by atoms with Crippen molar-refractivity contribution in [2.75, 3.05) is 31.9 Å². The zero-order chi connectivity index (χ0) is 17.2. The van der Waals surface area contributed by atoms with Crippen LogP contribution >= 0.6 is 11.3 Å². The molecule has 4 aliphatic carbocycles. The normalized spacial score (nSPS) is 37.6. The lowest BCUT2D eigenvalue weighted by Crippen LogP contribution is -2.64. The molecule has 1 amide bonds. The van der Waals surface area contributed by atoms with Crippen LogP contribution in [-0.2, 0) is 0 Å². The van der Waals surface area contributed by atoms with Crippen molar-refractivity contribution in [3.05, 3.63) is 10.6 Å². The Morgan fingerprint density at radius 2 is 1.64 bits per heavy atom. The Morgan fingerprint density at radius 3 is 2.12 bits per heavy atom. The molecule has 5 nitrogen and oxygen atoms in total. The van der Waals surface area contributed by atoms with Crippen LogP contribution in [0, 0.1) is 24.7 Å². The number of rotatable bonds is 2. The minimum Gasteiger partial charge on any atom is -0.375 e. The summed E-state index contributed by atoms with van der Waals surface area (Å²) in [4.78, 5) is 22.5. The second kappa shape index (κ2) is 5.68. The lowest BCUT2D eigenvalue weighted by Gasteiger charge is -2.61. The molecule has 5 fully saturated rings. The predicted octanol–water partition coefficient (Wildman–Crippen LogP) is 2.76. The smallest absolute Gasteiger partial charge is 0.266 e. The molecule has 0 spiro atoms. The molecule has 1 aromatic rings. The Hall–Kier alpha value is -1.14. The number of piperazine rings is 1. The Balaban J connectivity index is 1.27. The van der Waals surface area contributed by atoms with Crippen molar-refractivity contribution in [3.63, 3.8) is 0 Å². The van der Waals surface area contributed by atoms with Gasteiger partial charge in [-0.3, -0.25) is 9.69 Å². The average Bonchev–Trinajstić information content (AvgIpc) is 2.91. The highest BCUT2D eigenvalue weighted by Gasteiger charge is 2.53. The summed E-state index contributed by atoms with van der Waals surface area (Å²) in [6, 6.07) is 0. The SMILES string of the molecule is Cc1nc(N)sc1C(=O)N1CCN(C23CC4CC(CC(C4)C2)C3)CC1. The van der Waals surface area contributed by atoms with Crippen LogP contribution in [0.2, 0.25) is 0 Å². The summed E-state index contributed by atoms with van der Waals surface area (Å²) >= 11 is 1.33. The van der Waals surface area contributed by atoms with Crippen molar-refractivity contribution in [1.82, 2.24) is 14.8 Å². The molecule has 0 aromatic carbocycles. The Labute approximate surface area is 153 Å². The zero-order valence-electron chi connectivity index (χ0n) is 15.0. The number of aryl methyl sites for hydroxylation is 1. The van der Waals surface area contributed by atoms with E-state index in [4.69, 9.17) is 5.73 Å². The second-order valence-electron chi connectivity index (χ2n) is 8.89. The topological polar surface area (TPSA) is 62.5 Å². The summed E-state index contributed by atoms with van der Waals surface area (Å²) in [5.41, 5.74) is 7.01. The first kappa shape index (κ1) is 16.1. The van der Waals surface area contributed by atoms with E-state index in [-0.39, 0.29) is 5.91 Å². The molecule has 6 rings (SSSR count). The van der Waals surface area contributed by atoms with Crippen molar-refractivity contribution in [1.29, 1.82) is 0 Å². The first-order valence-corrected chi connectivity index (χ1v) is 10.6. The van der Waals surface area contributed by atoms with Gasteiger partial charge in [-0.25, -0.2) is 4.98 Å². The van der Waals surface area contributed by atoms with Gasteiger partial charge in [-0.05, 0) is 63.2 Å². The summed E-state index contributed by atoms with van der Waals surface area (Å²) in [7, 11) is 0. The number of nitrogen functional groups attached to an aromatic ring is 1. The summed E-state index contributed by atoms with van der Waals surface area (Å²) < 4.78 is 0. The third kappa shape index (κ3) is 2.60. The zero-order valence-corrected chi connectivity index (χ0v) is 15.9. The number of amides is 1. The summed E-state index contributed by atoms with van der Waals surface area (Å²) in [5, 5.41) is 0.494. The molecular formula is C19H28N4OS. The van der Waals surface area contributed by atoms with Crippen LogP contribution in [0.15, 0.2) is 0 Å². The van der Waals surface area contributed by atoms with Crippen molar-refractivity contribution in [2.24, 2.45) is 17.8 Å². The van der Waals surface area contributed by atoms with E-state index in [9.17, 15) is 4.79 Å². The van der Waals surface area contributed by atoms with Gasteiger partial charge in [0, 0.05) is 31.7 Å². The number of nitrogens with two attached hydrogens (primary N) is 1. The molecular weight excluding hydrogens is 332 g/mol. The monoisotopic (exact) mass is 360 g/mol. The molecule has 2 heterocycles. The fraction of sp³-hybridized carbons (Fsp3) is 0.789. The van der Waals surface area contributed by atoms with E-state index in [1.165, 1.54) is 49.9 Å². The predicted molar refractivity (Wildman–Crippen MR) is 99.6 cm³/mol. The Kier molecular flexibility index (Phi) is 3.65. The fourth-order valence-corrected chi connectivity index (χ4v) is 7.40. The van der Waals surface area contributed by atoms with Crippen LogP contribution in [-0.4, -0.2) is 52.4 Å². The third-order valence-electron chi connectivity index (χ3n) is 7.25. The van der Waals surface area contributed by atoms with Crippen LogP contribution in [0.1, 0.15) is 53.9 Å². The van der Waals surface area contributed by atoms with E-state index in [1.54, 1.807) is 0 Å². The van der Waals surface area contributed by atoms with Crippen molar-refractivity contribution in [3.8, 4) is 0 Å². The van der Waals surface area contributed by atoms with Gasteiger partial charge in [0.2, 0.25) is 0 Å². The number of hydrogen-bond acceptors (Lipinski definition) is 5. The highest BCUT2D eigenvalue weighted by molar-refractivity contribution is 7.17. The van der Waals surface area contributed by atoms with E-state index in [0.717, 1.165) is 54.5 Å². The molecule has 6 heteroatoms. The molecule has 4 saturated carbocycles. The lowest BCUT2D eigenvalue weighted by atomic mass is 9.52. The maximum absolute atomic E-state index is 12.8. The van der Waals surface area contributed by atoms with Crippen LogP contribution in [0.25, 0.3) is 0 Å². The first-order valence-electron chi connectivity index (χ1n) is 9.80. The van der Waals surface area contributed by atoms with E-state index in [2.05, 4.69) is 9.88 Å². The van der Waals surface area contributed by atoms with Crippen LogP contribution in [0.3, 0.4) is 0 Å². The first-order chi connectivity index (χ1) is 12.0. The summed E-state index contributed by atoms with van der Waals surface area (Å²) in [6.07, 6.45) is 8.71. The largest absolute Gasteiger partial charge is 0.375 e. The maximum atomic E-state index is 12.8. The average molecular weight is 361 g/mol. The number of nitrogens with zero attached hydrogens (tertiary/aromatic N) is 3. The number of thiazole rings is 1. The minimum atomic E-state index is 0.122. The van der Waals surface area contributed by atoms with Gasteiger partial charge in [-0.1, -0.05) is 11.3 Å². The van der Waals surface area contributed by atoms with E-state index >= 15 is 0 Å². The second-order valence-corrected chi connectivity index (χ2v) is 9.92. The summed E-state index contributed by atoms with van der Waals surface area (Å²) in [6.45, 7) is 5.64. The molecule has 1 aliphatic heterocycles. The van der Waals surface area contributed by atoms with E-state index in [0.29, 0.717) is 10.7 Å². The fourth-order valence-electron chi connectivity index (χ4n) is 6.60. The Bertz CT molecular complexity index is 656. The molecule has 1 aromatic heterocycles. The number of hydrogen-bond donors (Lipinski definition) is 1.